The molecule has 3 heteroatoms. The molecule has 0 fully saturated rings. The van der Waals surface area contributed by atoms with Crippen molar-refractivity contribution in [3.05, 3.63) is 64.7 Å². The smallest absolute Gasteiger partial charge is 0.336 e. The predicted molar refractivity (Wildman–Crippen MR) is 102 cm³/mol. The number of hydrogen-bond acceptors (Lipinski definition) is 2. The van der Waals surface area contributed by atoms with Crippen molar-refractivity contribution in [2.45, 2.75) is 40.0 Å². The Balaban J connectivity index is 2.31. The van der Waals surface area contributed by atoms with E-state index in [0.717, 1.165) is 22.3 Å². The molecule has 2 aromatic carbocycles. The van der Waals surface area contributed by atoms with Gasteiger partial charge in [-0.15, -0.1) is 0 Å². The molecule has 0 amide bonds. The Bertz CT molecular complexity index is 981. The maximum Gasteiger partial charge on any atom is 0.336 e. The lowest BCUT2D eigenvalue weighted by Gasteiger charge is -2.20. The fourth-order valence-electron chi connectivity index (χ4n) is 3.02. The number of carbonyl (C=O) groups is 1. The van der Waals surface area contributed by atoms with Gasteiger partial charge in [-0.3, -0.25) is 0 Å². The van der Waals surface area contributed by atoms with Crippen LogP contribution in [0.15, 0.2) is 42.5 Å². The molecule has 0 atom stereocenters. The van der Waals surface area contributed by atoms with Gasteiger partial charge < -0.3 is 5.11 Å². The Morgan fingerprint density at radius 2 is 1.72 bits per heavy atom. The number of aromatic nitrogens is 1. The molecular weight excluding hydrogens is 310 g/mol. The van der Waals surface area contributed by atoms with E-state index in [2.05, 4.69) is 26.8 Å². The fraction of sp³-hybridized carbons (Fsp3) is 0.273. The van der Waals surface area contributed by atoms with Gasteiger partial charge in [0.25, 0.3) is 0 Å². The molecule has 0 unspecified atom stereocenters. The van der Waals surface area contributed by atoms with Gasteiger partial charge in [0.05, 0.1) is 16.8 Å². The summed E-state index contributed by atoms with van der Waals surface area (Å²) in [7, 11) is 0. The standard InChI is InChI=1S/C22H23NO2/c1-13-6-7-14(2)16(10-13)20-12-18(21(24)25)17-11-15(22(3,4)5)8-9-19(17)23-20/h6-12H,1-5H3,(H,24,25). The summed E-state index contributed by atoms with van der Waals surface area (Å²) in [5.41, 5.74) is 5.96. The summed E-state index contributed by atoms with van der Waals surface area (Å²) in [6.07, 6.45) is 0. The maximum absolute atomic E-state index is 11.9. The number of fused-ring (bicyclic) bond motifs is 1. The number of rotatable bonds is 2. The summed E-state index contributed by atoms with van der Waals surface area (Å²) in [5, 5.41) is 10.4. The average molecular weight is 333 g/mol. The molecule has 3 rings (SSSR count). The van der Waals surface area contributed by atoms with Crippen LogP contribution < -0.4 is 0 Å². The number of benzene rings is 2. The number of aryl methyl sites for hydroxylation is 2. The third-order valence-corrected chi connectivity index (χ3v) is 4.57. The minimum absolute atomic E-state index is 0.0459. The summed E-state index contributed by atoms with van der Waals surface area (Å²) in [6, 6.07) is 13.8. The van der Waals surface area contributed by atoms with Crippen molar-refractivity contribution in [3.8, 4) is 11.3 Å². The normalized spacial score (nSPS) is 11.7. The van der Waals surface area contributed by atoms with Crippen LogP contribution in [0.1, 0.15) is 47.8 Å². The number of carboxylic acid groups (broad SMARTS) is 1. The molecule has 0 saturated carbocycles. The van der Waals surface area contributed by atoms with Gasteiger partial charge in [0.1, 0.15) is 0 Å². The van der Waals surface area contributed by atoms with Gasteiger partial charge in [0.15, 0.2) is 0 Å². The van der Waals surface area contributed by atoms with E-state index in [1.165, 1.54) is 0 Å². The van der Waals surface area contributed by atoms with Crippen LogP contribution in [0.5, 0.6) is 0 Å². The summed E-state index contributed by atoms with van der Waals surface area (Å²) in [5.74, 6) is -0.926. The van der Waals surface area contributed by atoms with Crippen LogP contribution in [0.3, 0.4) is 0 Å². The highest BCUT2D eigenvalue weighted by Gasteiger charge is 2.18. The van der Waals surface area contributed by atoms with Crippen LogP contribution in [-0.4, -0.2) is 16.1 Å². The molecule has 3 nitrogen and oxygen atoms in total. The van der Waals surface area contributed by atoms with E-state index in [4.69, 9.17) is 4.98 Å². The lowest BCUT2D eigenvalue weighted by atomic mass is 9.85. The zero-order valence-electron chi connectivity index (χ0n) is 15.3. The van der Waals surface area contributed by atoms with Crippen molar-refractivity contribution in [1.82, 2.24) is 4.98 Å². The second-order valence-corrected chi connectivity index (χ2v) is 7.66. The second kappa shape index (κ2) is 5.99. The highest BCUT2D eigenvalue weighted by atomic mass is 16.4. The van der Waals surface area contributed by atoms with Crippen LogP contribution in [0.4, 0.5) is 0 Å². The third-order valence-electron chi connectivity index (χ3n) is 4.57. The Labute approximate surface area is 148 Å². The van der Waals surface area contributed by atoms with E-state index in [1.54, 1.807) is 6.07 Å². The van der Waals surface area contributed by atoms with Gasteiger partial charge in [-0.2, -0.15) is 0 Å². The second-order valence-electron chi connectivity index (χ2n) is 7.66. The van der Waals surface area contributed by atoms with Crippen molar-refractivity contribution < 1.29 is 9.90 Å². The quantitative estimate of drug-likeness (QED) is 0.672. The molecular formula is C22H23NO2. The summed E-state index contributed by atoms with van der Waals surface area (Å²) >= 11 is 0. The highest BCUT2D eigenvalue weighted by Crippen LogP contribution is 2.31. The van der Waals surface area contributed by atoms with E-state index in [9.17, 15) is 9.90 Å². The van der Waals surface area contributed by atoms with E-state index >= 15 is 0 Å². The van der Waals surface area contributed by atoms with E-state index in [1.807, 2.05) is 44.2 Å². The topological polar surface area (TPSA) is 50.2 Å². The highest BCUT2D eigenvalue weighted by molar-refractivity contribution is 6.04. The lowest BCUT2D eigenvalue weighted by Crippen LogP contribution is -2.11. The molecule has 0 spiro atoms. The molecule has 0 aliphatic carbocycles. The van der Waals surface area contributed by atoms with Gasteiger partial charge >= 0.3 is 5.97 Å². The number of pyridine rings is 1. The van der Waals surface area contributed by atoms with E-state index in [0.29, 0.717) is 22.2 Å². The van der Waals surface area contributed by atoms with Crippen molar-refractivity contribution in [2.75, 3.05) is 0 Å². The molecule has 0 aliphatic rings. The van der Waals surface area contributed by atoms with Crippen molar-refractivity contribution in [3.63, 3.8) is 0 Å². The number of aromatic carboxylic acids is 1. The van der Waals surface area contributed by atoms with Crippen molar-refractivity contribution in [2.24, 2.45) is 0 Å². The number of nitrogens with zero attached hydrogens (tertiary/aromatic N) is 1. The lowest BCUT2D eigenvalue weighted by molar-refractivity contribution is 0.0699. The first-order valence-corrected chi connectivity index (χ1v) is 8.43. The molecule has 1 aromatic heterocycles. The third kappa shape index (κ3) is 3.27. The largest absolute Gasteiger partial charge is 0.478 e. The van der Waals surface area contributed by atoms with Gasteiger partial charge in [0.2, 0.25) is 0 Å². The van der Waals surface area contributed by atoms with Crippen LogP contribution in [0.2, 0.25) is 0 Å². The van der Waals surface area contributed by atoms with Crippen LogP contribution in [0.25, 0.3) is 22.2 Å². The van der Waals surface area contributed by atoms with Crippen molar-refractivity contribution in [1.29, 1.82) is 0 Å². The monoisotopic (exact) mass is 333 g/mol. The zero-order chi connectivity index (χ0) is 18.4. The van der Waals surface area contributed by atoms with Gasteiger partial charge in [-0.05, 0) is 54.7 Å². The summed E-state index contributed by atoms with van der Waals surface area (Å²) < 4.78 is 0. The van der Waals surface area contributed by atoms with Crippen LogP contribution in [0, 0.1) is 13.8 Å². The first-order valence-electron chi connectivity index (χ1n) is 8.43. The molecule has 0 saturated heterocycles. The summed E-state index contributed by atoms with van der Waals surface area (Å²) in [4.78, 5) is 16.6. The zero-order valence-corrected chi connectivity index (χ0v) is 15.3. The Morgan fingerprint density at radius 3 is 2.36 bits per heavy atom. The molecule has 0 radical (unpaired) electrons. The number of carboxylic acids is 1. The molecule has 25 heavy (non-hydrogen) atoms. The van der Waals surface area contributed by atoms with Gasteiger partial charge in [0, 0.05) is 10.9 Å². The fourth-order valence-corrected chi connectivity index (χ4v) is 3.02. The molecule has 0 bridgehead atoms. The maximum atomic E-state index is 11.9. The first kappa shape index (κ1) is 17.2. The molecule has 3 aromatic rings. The van der Waals surface area contributed by atoms with E-state index in [-0.39, 0.29) is 5.41 Å². The minimum atomic E-state index is -0.926. The predicted octanol–water partition coefficient (Wildman–Crippen LogP) is 5.51. The molecule has 1 heterocycles. The molecule has 128 valence electrons. The first-order chi connectivity index (χ1) is 11.7. The Hall–Kier alpha value is -2.68. The van der Waals surface area contributed by atoms with Gasteiger partial charge in [-0.1, -0.05) is 44.5 Å². The average Bonchev–Trinajstić information content (AvgIpc) is 2.54. The van der Waals surface area contributed by atoms with Crippen LogP contribution >= 0.6 is 0 Å². The number of hydrogen-bond donors (Lipinski definition) is 1. The van der Waals surface area contributed by atoms with Crippen molar-refractivity contribution >= 4 is 16.9 Å². The SMILES string of the molecule is Cc1ccc(C)c(-c2cc(C(=O)O)c3cc(C(C)(C)C)ccc3n2)c1. The molecule has 0 aliphatic heterocycles. The van der Waals surface area contributed by atoms with Gasteiger partial charge in [-0.25, -0.2) is 9.78 Å². The minimum Gasteiger partial charge on any atom is -0.478 e. The Kier molecular flexibility index (Phi) is 4.11. The summed E-state index contributed by atoms with van der Waals surface area (Å²) in [6.45, 7) is 10.4. The Morgan fingerprint density at radius 1 is 1.00 bits per heavy atom. The van der Waals surface area contributed by atoms with E-state index < -0.39 is 5.97 Å². The van der Waals surface area contributed by atoms with Crippen LogP contribution in [-0.2, 0) is 5.41 Å². The molecule has 1 N–H and O–H groups in total.